The zero-order valence-corrected chi connectivity index (χ0v) is 25.2. The van der Waals surface area contributed by atoms with E-state index in [0.717, 1.165) is 16.8 Å². The second kappa shape index (κ2) is 12.5. The number of Topliss-reactive ketones (excluding diaryl/α,β-unsaturated/α-hetero) is 1. The number of benzene rings is 3. The molecular weight excluding hydrogens is 606 g/mol. The Morgan fingerprint density at radius 1 is 1.07 bits per heavy atom. The zero-order chi connectivity index (χ0) is 29.1. The summed E-state index contributed by atoms with van der Waals surface area (Å²) in [6.07, 6.45) is 1.47. The molecule has 0 amide bonds. The minimum absolute atomic E-state index is 0.0237. The topological polar surface area (TPSA) is 84.9 Å². The van der Waals surface area contributed by atoms with Crippen LogP contribution in [0.3, 0.4) is 0 Å². The number of carbonyl (C=O) groups is 2. The molecule has 0 radical (unpaired) electrons. The quantitative estimate of drug-likeness (QED) is 0.252. The molecule has 0 unspecified atom stereocenters. The molecule has 0 saturated heterocycles. The lowest BCUT2D eigenvalue weighted by Crippen LogP contribution is -2.36. The van der Waals surface area contributed by atoms with Gasteiger partial charge in [-0.2, -0.15) is 0 Å². The van der Waals surface area contributed by atoms with E-state index >= 15 is 0 Å². The Hall–Kier alpha value is -3.55. The Labute approximate surface area is 253 Å². The fourth-order valence-corrected chi connectivity index (χ4v) is 6.21. The van der Waals surface area contributed by atoms with Crippen LogP contribution in [0.25, 0.3) is 0 Å². The summed E-state index contributed by atoms with van der Waals surface area (Å²) in [5.74, 6) is -1.02. The van der Waals surface area contributed by atoms with Crippen molar-refractivity contribution >= 4 is 39.3 Å². The number of carbonyl (C=O) groups excluding carboxylic acids is 2. The molecule has 0 spiro atoms. The molecule has 8 heteroatoms. The molecule has 0 saturated carbocycles. The lowest BCUT2D eigenvalue weighted by molar-refractivity contribution is -0.139. The number of rotatable bonds is 8. The van der Waals surface area contributed by atoms with Gasteiger partial charge in [0.05, 0.1) is 23.3 Å². The Kier molecular flexibility index (Phi) is 8.85. The molecule has 1 aliphatic heterocycles. The van der Waals surface area contributed by atoms with Gasteiger partial charge in [0.25, 0.3) is 0 Å². The van der Waals surface area contributed by atoms with E-state index in [1.807, 2.05) is 68.4 Å². The van der Waals surface area contributed by atoms with E-state index in [4.69, 9.17) is 21.1 Å². The number of phenols is 1. The maximum Gasteiger partial charge on any atom is 0.336 e. The fourth-order valence-electron chi connectivity index (χ4n) is 5.62. The highest BCUT2D eigenvalue weighted by molar-refractivity contribution is 9.10. The molecule has 2 N–H and O–H groups in total. The van der Waals surface area contributed by atoms with Crippen LogP contribution in [0.1, 0.15) is 55.2 Å². The molecule has 1 aliphatic carbocycles. The fraction of sp³-hybridized carbons (Fsp3) is 0.273. The number of ketones is 1. The average Bonchev–Trinajstić information content (AvgIpc) is 2.95. The van der Waals surface area contributed by atoms with Crippen molar-refractivity contribution in [3.05, 3.63) is 115 Å². The molecule has 41 heavy (non-hydrogen) atoms. The highest BCUT2D eigenvalue weighted by atomic mass is 79.9. The van der Waals surface area contributed by atoms with Gasteiger partial charge in [0.1, 0.15) is 0 Å². The molecule has 0 bridgehead atoms. The Balaban J connectivity index is 1.53. The second-order valence-corrected chi connectivity index (χ2v) is 11.5. The predicted octanol–water partition coefficient (Wildman–Crippen LogP) is 7.35. The van der Waals surface area contributed by atoms with Crippen LogP contribution in [0, 0.1) is 0 Å². The van der Waals surface area contributed by atoms with Gasteiger partial charge in [0.2, 0.25) is 0 Å². The van der Waals surface area contributed by atoms with Gasteiger partial charge in [0, 0.05) is 40.7 Å². The summed E-state index contributed by atoms with van der Waals surface area (Å²) in [5.41, 5.74) is 5.07. The number of aromatic hydroxyl groups is 1. The van der Waals surface area contributed by atoms with Gasteiger partial charge in [-0.05, 0) is 83.1 Å². The number of phenolic OH excluding ortho intramolecular Hbond substituents is 1. The van der Waals surface area contributed by atoms with E-state index in [1.165, 1.54) is 0 Å². The third kappa shape index (κ3) is 6.21. The van der Waals surface area contributed by atoms with Gasteiger partial charge < -0.3 is 19.9 Å². The van der Waals surface area contributed by atoms with Crippen LogP contribution in [0.2, 0.25) is 5.02 Å². The van der Waals surface area contributed by atoms with Crippen LogP contribution in [-0.2, 0) is 20.7 Å². The number of hydrogen-bond donors (Lipinski definition) is 2. The summed E-state index contributed by atoms with van der Waals surface area (Å²) in [5, 5.41) is 14.6. The standard InChI is InChI=1S/C33H31BrClNO5/c1-3-40-28-18-23(15-25(34)32(28)38)30-29(33(39)41-14-13-20-7-5-4-6-8-20)19(2)36-26-16-22(17-27(37)31(26)30)21-9-11-24(35)12-10-21/h4-12,15,18,22,30,36,38H,3,13-14,16-17H2,1-2H3/t22-,30+/m0/s1. The smallest absolute Gasteiger partial charge is 0.336 e. The summed E-state index contributed by atoms with van der Waals surface area (Å²) >= 11 is 9.53. The number of allylic oxidation sites excluding steroid dienone is 3. The highest BCUT2D eigenvalue weighted by Gasteiger charge is 2.42. The number of nitrogens with one attached hydrogen (secondary N) is 1. The van der Waals surface area contributed by atoms with Crippen LogP contribution in [-0.4, -0.2) is 30.1 Å². The van der Waals surface area contributed by atoms with Crippen molar-refractivity contribution < 1.29 is 24.2 Å². The molecule has 5 rings (SSSR count). The molecule has 3 aromatic rings. The van der Waals surface area contributed by atoms with Crippen LogP contribution in [0.5, 0.6) is 11.5 Å². The van der Waals surface area contributed by atoms with Crippen molar-refractivity contribution in [1.82, 2.24) is 5.32 Å². The van der Waals surface area contributed by atoms with Gasteiger partial charge in [-0.25, -0.2) is 4.79 Å². The molecule has 2 aliphatic rings. The number of dihydropyridines is 1. The normalized spacial score (nSPS) is 18.6. The Morgan fingerprint density at radius 3 is 2.51 bits per heavy atom. The summed E-state index contributed by atoms with van der Waals surface area (Å²) in [7, 11) is 0. The second-order valence-electron chi connectivity index (χ2n) is 10.2. The van der Waals surface area contributed by atoms with E-state index in [-0.39, 0.29) is 29.8 Å². The minimum Gasteiger partial charge on any atom is -0.503 e. The van der Waals surface area contributed by atoms with Crippen molar-refractivity contribution in [1.29, 1.82) is 0 Å². The van der Waals surface area contributed by atoms with Crippen molar-refractivity contribution in [2.45, 2.75) is 44.9 Å². The monoisotopic (exact) mass is 635 g/mol. The molecule has 2 atom stereocenters. The summed E-state index contributed by atoms with van der Waals surface area (Å²) < 4.78 is 11.9. The molecule has 0 aromatic heterocycles. The van der Waals surface area contributed by atoms with E-state index in [0.29, 0.717) is 57.8 Å². The van der Waals surface area contributed by atoms with E-state index in [9.17, 15) is 14.7 Å². The van der Waals surface area contributed by atoms with E-state index in [2.05, 4.69) is 21.2 Å². The van der Waals surface area contributed by atoms with Gasteiger partial charge in [0.15, 0.2) is 17.3 Å². The first-order valence-electron chi connectivity index (χ1n) is 13.6. The average molecular weight is 637 g/mol. The molecule has 6 nitrogen and oxygen atoms in total. The summed E-state index contributed by atoms with van der Waals surface area (Å²) in [6.45, 7) is 4.20. The predicted molar refractivity (Wildman–Crippen MR) is 162 cm³/mol. The van der Waals surface area contributed by atoms with E-state index in [1.54, 1.807) is 12.1 Å². The first-order valence-corrected chi connectivity index (χ1v) is 14.8. The third-order valence-electron chi connectivity index (χ3n) is 7.54. The number of esters is 1. The van der Waals surface area contributed by atoms with Gasteiger partial charge in [-0.15, -0.1) is 0 Å². The lowest BCUT2D eigenvalue weighted by atomic mass is 9.71. The van der Waals surface area contributed by atoms with E-state index < -0.39 is 11.9 Å². The van der Waals surface area contributed by atoms with Gasteiger partial charge in [-0.1, -0.05) is 54.1 Å². The van der Waals surface area contributed by atoms with Crippen LogP contribution in [0.4, 0.5) is 0 Å². The third-order valence-corrected chi connectivity index (χ3v) is 8.40. The first kappa shape index (κ1) is 29.0. The van der Waals surface area contributed by atoms with Crippen LogP contribution in [0.15, 0.2) is 93.7 Å². The molecule has 212 valence electrons. The number of hydrogen-bond acceptors (Lipinski definition) is 6. The van der Waals surface area contributed by atoms with Gasteiger partial charge in [-0.3, -0.25) is 4.79 Å². The highest BCUT2D eigenvalue weighted by Crippen LogP contribution is 2.48. The molecule has 1 heterocycles. The van der Waals surface area contributed by atoms with Crippen molar-refractivity contribution in [3.8, 4) is 11.5 Å². The van der Waals surface area contributed by atoms with Crippen molar-refractivity contribution in [2.24, 2.45) is 0 Å². The number of ether oxygens (including phenoxy) is 2. The summed E-state index contributed by atoms with van der Waals surface area (Å²) in [4.78, 5) is 27.6. The molecule has 0 fully saturated rings. The number of halogens is 2. The maximum atomic E-state index is 13.9. The maximum absolute atomic E-state index is 13.9. The summed E-state index contributed by atoms with van der Waals surface area (Å²) in [6, 6.07) is 20.8. The van der Waals surface area contributed by atoms with Crippen LogP contribution < -0.4 is 10.1 Å². The van der Waals surface area contributed by atoms with Crippen molar-refractivity contribution in [3.63, 3.8) is 0 Å². The Morgan fingerprint density at radius 2 is 1.80 bits per heavy atom. The minimum atomic E-state index is -0.690. The van der Waals surface area contributed by atoms with Crippen molar-refractivity contribution in [2.75, 3.05) is 13.2 Å². The van der Waals surface area contributed by atoms with Crippen LogP contribution >= 0.6 is 27.5 Å². The molecular formula is C33H31BrClNO5. The largest absolute Gasteiger partial charge is 0.503 e. The molecule has 3 aromatic carbocycles. The Bertz CT molecular complexity index is 1530. The lowest BCUT2D eigenvalue weighted by Gasteiger charge is -2.37. The zero-order valence-electron chi connectivity index (χ0n) is 22.9. The van der Waals surface area contributed by atoms with Gasteiger partial charge >= 0.3 is 5.97 Å². The first-order chi connectivity index (χ1) is 19.8. The SMILES string of the molecule is CCOc1cc([C@@H]2C(C(=O)OCCc3ccccc3)=C(C)NC3=C2C(=O)C[C@@H](c2ccc(Cl)cc2)C3)cc(Br)c1O.